The summed E-state index contributed by atoms with van der Waals surface area (Å²) in [5.74, 6) is 0.495. The lowest BCUT2D eigenvalue weighted by molar-refractivity contribution is -0.125. The van der Waals surface area contributed by atoms with E-state index in [0.29, 0.717) is 5.92 Å². The Morgan fingerprint density at radius 3 is 3.13 bits per heavy atom. The van der Waals surface area contributed by atoms with Crippen LogP contribution in [-0.2, 0) is 16.1 Å². The molecule has 0 radical (unpaired) electrons. The molecular weight excluding hydrogens is 290 g/mol. The van der Waals surface area contributed by atoms with Gasteiger partial charge in [0.25, 0.3) is 0 Å². The van der Waals surface area contributed by atoms with Gasteiger partial charge in [0.2, 0.25) is 5.91 Å². The molecule has 2 N–H and O–H groups in total. The lowest BCUT2D eigenvalue weighted by atomic mass is 9.98. The maximum absolute atomic E-state index is 11.5. The quantitative estimate of drug-likeness (QED) is 0.859. The third-order valence-corrected chi connectivity index (χ3v) is 4.45. The van der Waals surface area contributed by atoms with E-state index in [-0.39, 0.29) is 12.5 Å². The van der Waals surface area contributed by atoms with Crippen LogP contribution in [0.15, 0.2) is 30.3 Å². The third-order valence-electron chi connectivity index (χ3n) is 4.45. The minimum atomic E-state index is -0.0276. The molecule has 2 heterocycles. The van der Waals surface area contributed by atoms with Gasteiger partial charge in [0.15, 0.2) is 0 Å². The standard InChI is InChI=1S/C18H25N3O2/c1-23-13-18(22)19-10-14-5-4-8-21(11-14)12-16-9-15-6-2-3-7-17(15)20-16/h2-3,6-7,9,14,20H,4-5,8,10-13H2,1H3,(H,19,22). The molecule has 1 amide bonds. The number of piperidine rings is 1. The highest BCUT2D eigenvalue weighted by Gasteiger charge is 2.20. The second-order valence-corrected chi connectivity index (χ2v) is 6.36. The summed E-state index contributed by atoms with van der Waals surface area (Å²) in [5, 5.41) is 4.23. The van der Waals surface area contributed by atoms with E-state index in [4.69, 9.17) is 4.74 Å². The van der Waals surface area contributed by atoms with E-state index in [9.17, 15) is 4.79 Å². The fourth-order valence-electron chi connectivity index (χ4n) is 3.36. The number of ether oxygens (including phenoxy) is 1. The van der Waals surface area contributed by atoms with Gasteiger partial charge in [0.1, 0.15) is 6.61 Å². The van der Waals surface area contributed by atoms with Crippen LogP contribution in [0.4, 0.5) is 0 Å². The number of rotatable bonds is 6. The third kappa shape index (κ3) is 4.33. The number of nitrogens with zero attached hydrogens (tertiary/aromatic N) is 1. The van der Waals surface area contributed by atoms with E-state index in [0.717, 1.165) is 26.2 Å². The Bertz CT molecular complexity index is 620. The number of fused-ring (bicyclic) bond motifs is 1. The minimum absolute atomic E-state index is 0.0276. The first-order chi connectivity index (χ1) is 11.2. The number of hydrogen-bond donors (Lipinski definition) is 2. The van der Waals surface area contributed by atoms with E-state index in [1.165, 1.54) is 29.4 Å². The molecule has 0 spiro atoms. The van der Waals surface area contributed by atoms with Gasteiger partial charge in [-0.05, 0) is 42.8 Å². The molecule has 1 aromatic heterocycles. The van der Waals surface area contributed by atoms with Crippen molar-refractivity contribution >= 4 is 16.8 Å². The summed E-state index contributed by atoms with van der Waals surface area (Å²) >= 11 is 0. The van der Waals surface area contributed by atoms with E-state index in [1.807, 2.05) is 0 Å². The average molecular weight is 315 g/mol. The van der Waals surface area contributed by atoms with Crippen LogP contribution in [0.3, 0.4) is 0 Å². The summed E-state index contributed by atoms with van der Waals surface area (Å²) in [6.45, 7) is 3.98. The summed E-state index contributed by atoms with van der Waals surface area (Å²) in [7, 11) is 1.54. The number of nitrogens with one attached hydrogen (secondary N) is 2. The zero-order valence-electron chi connectivity index (χ0n) is 13.7. The predicted octanol–water partition coefficient (Wildman–Crippen LogP) is 2.14. The average Bonchev–Trinajstić information content (AvgIpc) is 2.96. The van der Waals surface area contributed by atoms with Gasteiger partial charge in [-0.1, -0.05) is 18.2 Å². The Morgan fingerprint density at radius 1 is 1.43 bits per heavy atom. The molecule has 1 aliphatic heterocycles. The highest BCUT2D eigenvalue weighted by Crippen LogP contribution is 2.20. The maximum atomic E-state index is 11.5. The molecule has 1 fully saturated rings. The van der Waals surface area contributed by atoms with Crippen molar-refractivity contribution < 1.29 is 9.53 Å². The number of aromatic nitrogens is 1. The van der Waals surface area contributed by atoms with Crippen LogP contribution in [0, 0.1) is 5.92 Å². The van der Waals surface area contributed by atoms with Gasteiger partial charge in [-0.15, -0.1) is 0 Å². The molecule has 5 heteroatoms. The van der Waals surface area contributed by atoms with Gasteiger partial charge < -0.3 is 15.0 Å². The zero-order valence-corrected chi connectivity index (χ0v) is 13.7. The molecule has 1 aromatic carbocycles. The number of aromatic amines is 1. The second kappa shape index (κ2) is 7.62. The summed E-state index contributed by atoms with van der Waals surface area (Å²) in [4.78, 5) is 17.5. The van der Waals surface area contributed by atoms with Gasteiger partial charge in [-0.2, -0.15) is 0 Å². The van der Waals surface area contributed by atoms with Crippen LogP contribution in [0.25, 0.3) is 10.9 Å². The zero-order chi connectivity index (χ0) is 16.1. The van der Waals surface area contributed by atoms with Crippen molar-refractivity contribution in [3.63, 3.8) is 0 Å². The monoisotopic (exact) mass is 315 g/mol. The first kappa shape index (κ1) is 16.0. The Balaban J connectivity index is 1.53. The van der Waals surface area contributed by atoms with Crippen molar-refractivity contribution in [2.24, 2.45) is 5.92 Å². The first-order valence-electron chi connectivity index (χ1n) is 8.29. The molecule has 23 heavy (non-hydrogen) atoms. The molecule has 124 valence electrons. The molecule has 1 unspecified atom stereocenters. The number of carbonyl (C=O) groups excluding carboxylic acids is 1. The van der Waals surface area contributed by atoms with Gasteiger partial charge in [0.05, 0.1) is 0 Å². The molecule has 1 atom stereocenters. The largest absolute Gasteiger partial charge is 0.375 e. The van der Waals surface area contributed by atoms with Gasteiger partial charge in [0, 0.05) is 38.0 Å². The molecule has 0 aliphatic carbocycles. The molecule has 1 aliphatic rings. The molecule has 3 rings (SSSR count). The van der Waals surface area contributed by atoms with Crippen molar-refractivity contribution in [1.82, 2.24) is 15.2 Å². The number of benzene rings is 1. The number of para-hydroxylation sites is 1. The topological polar surface area (TPSA) is 57.4 Å². The van der Waals surface area contributed by atoms with Crippen molar-refractivity contribution in [2.75, 3.05) is 33.4 Å². The van der Waals surface area contributed by atoms with E-state index in [1.54, 1.807) is 7.11 Å². The van der Waals surface area contributed by atoms with E-state index >= 15 is 0 Å². The number of H-pyrrole nitrogens is 1. The van der Waals surface area contributed by atoms with Crippen LogP contribution in [0.1, 0.15) is 18.5 Å². The fourth-order valence-corrected chi connectivity index (χ4v) is 3.36. The Morgan fingerprint density at radius 2 is 2.30 bits per heavy atom. The number of amides is 1. The van der Waals surface area contributed by atoms with Crippen LogP contribution < -0.4 is 5.32 Å². The van der Waals surface area contributed by atoms with Crippen molar-refractivity contribution in [3.8, 4) is 0 Å². The smallest absolute Gasteiger partial charge is 0.245 e. The summed E-state index contributed by atoms with van der Waals surface area (Å²) in [6, 6.07) is 10.6. The lowest BCUT2D eigenvalue weighted by Crippen LogP contribution is -2.41. The van der Waals surface area contributed by atoms with Crippen molar-refractivity contribution in [2.45, 2.75) is 19.4 Å². The van der Waals surface area contributed by atoms with Crippen LogP contribution >= 0.6 is 0 Å². The van der Waals surface area contributed by atoms with Gasteiger partial charge in [-0.25, -0.2) is 0 Å². The maximum Gasteiger partial charge on any atom is 0.245 e. The van der Waals surface area contributed by atoms with Crippen LogP contribution in [0.5, 0.6) is 0 Å². The highest BCUT2D eigenvalue weighted by atomic mass is 16.5. The van der Waals surface area contributed by atoms with Gasteiger partial charge >= 0.3 is 0 Å². The normalized spacial score (nSPS) is 19.1. The van der Waals surface area contributed by atoms with Crippen LogP contribution in [-0.4, -0.2) is 49.1 Å². The number of carbonyl (C=O) groups is 1. The van der Waals surface area contributed by atoms with Crippen molar-refractivity contribution in [3.05, 3.63) is 36.0 Å². The Labute approximate surface area is 137 Å². The Hall–Kier alpha value is -1.85. The van der Waals surface area contributed by atoms with E-state index < -0.39 is 0 Å². The number of likely N-dealkylation sites (tertiary alicyclic amines) is 1. The van der Waals surface area contributed by atoms with Crippen LogP contribution in [0.2, 0.25) is 0 Å². The predicted molar refractivity (Wildman–Crippen MR) is 91.2 cm³/mol. The molecule has 5 nitrogen and oxygen atoms in total. The lowest BCUT2D eigenvalue weighted by Gasteiger charge is -2.32. The minimum Gasteiger partial charge on any atom is -0.375 e. The Kier molecular flexibility index (Phi) is 5.31. The highest BCUT2D eigenvalue weighted by molar-refractivity contribution is 5.80. The molecule has 0 saturated carbocycles. The molecule has 2 aromatic rings. The SMILES string of the molecule is COCC(=O)NCC1CCCN(Cc2cc3ccccc3[nH]2)C1. The fraction of sp³-hybridized carbons (Fsp3) is 0.500. The number of methoxy groups -OCH3 is 1. The van der Waals surface area contributed by atoms with Crippen molar-refractivity contribution in [1.29, 1.82) is 0 Å². The number of hydrogen-bond acceptors (Lipinski definition) is 3. The molecule has 0 bridgehead atoms. The first-order valence-corrected chi connectivity index (χ1v) is 8.29. The van der Waals surface area contributed by atoms with E-state index in [2.05, 4.69) is 45.5 Å². The summed E-state index contributed by atoms with van der Waals surface area (Å²) < 4.78 is 4.85. The summed E-state index contributed by atoms with van der Waals surface area (Å²) in [6.07, 6.45) is 2.36. The second-order valence-electron chi connectivity index (χ2n) is 6.36. The molecular formula is C18H25N3O2. The molecule has 1 saturated heterocycles. The van der Waals surface area contributed by atoms with Gasteiger partial charge in [-0.3, -0.25) is 9.69 Å². The summed E-state index contributed by atoms with van der Waals surface area (Å²) in [5.41, 5.74) is 2.46.